The van der Waals surface area contributed by atoms with Crippen LogP contribution in [0.1, 0.15) is 30.6 Å². The number of rotatable bonds is 8. The van der Waals surface area contributed by atoms with E-state index in [1.807, 2.05) is 0 Å². The predicted molar refractivity (Wildman–Crippen MR) is 78.3 cm³/mol. The molecule has 1 N–H and O–H groups in total. The van der Waals surface area contributed by atoms with Crippen molar-refractivity contribution in [2.24, 2.45) is 0 Å². The summed E-state index contributed by atoms with van der Waals surface area (Å²) in [6.07, 6.45) is 4.63. The number of thiophene rings is 1. The van der Waals surface area contributed by atoms with Crippen LogP contribution in [0.2, 0.25) is 0 Å². The van der Waals surface area contributed by atoms with Gasteiger partial charge in [0.1, 0.15) is 0 Å². The average Bonchev–Trinajstić information content (AvgIpc) is 3.13. The number of methoxy groups -OCH3 is 1. The van der Waals surface area contributed by atoms with Crippen molar-refractivity contribution >= 4 is 27.3 Å². The Labute approximate surface area is 121 Å². The van der Waals surface area contributed by atoms with Crippen molar-refractivity contribution in [2.45, 2.75) is 38.3 Å². The number of aliphatic hydroxyl groups excluding tert-OH is 1. The molecule has 1 heterocycles. The first-order chi connectivity index (χ1) is 8.74. The topological polar surface area (TPSA) is 32.7 Å². The molecule has 0 spiro atoms. The number of hydrogen-bond donors (Lipinski definition) is 1. The fourth-order valence-corrected chi connectivity index (χ4v) is 3.79. The van der Waals surface area contributed by atoms with Gasteiger partial charge in [-0.05, 0) is 54.2 Å². The van der Waals surface area contributed by atoms with E-state index in [0.717, 1.165) is 41.5 Å². The summed E-state index contributed by atoms with van der Waals surface area (Å²) in [6.45, 7) is 2.39. The third-order valence-corrected chi connectivity index (χ3v) is 5.10. The van der Waals surface area contributed by atoms with Gasteiger partial charge in [0.15, 0.2) is 5.06 Å². The molecule has 0 amide bonds. The summed E-state index contributed by atoms with van der Waals surface area (Å²) in [5.41, 5.74) is 0. The van der Waals surface area contributed by atoms with Gasteiger partial charge in [-0.1, -0.05) is 0 Å². The van der Waals surface area contributed by atoms with Crippen molar-refractivity contribution in [1.29, 1.82) is 0 Å². The molecule has 0 saturated heterocycles. The van der Waals surface area contributed by atoms with Crippen molar-refractivity contribution < 1.29 is 9.84 Å². The molecule has 0 atom stereocenters. The zero-order valence-electron chi connectivity index (χ0n) is 10.7. The highest BCUT2D eigenvalue weighted by Gasteiger charge is 2.28. The lowest BCUT2D eigenvalue weighted by Crippen LogP contribution is -2.26. The molecule has 1 aromatic heterocycles. The van der Waals surface area contributed by atoms with Crippen LogP contribution in [0.5, 0.6) is 5.06 Å². The fraction of sp³-hybridized carbons (Fsp3) is 0.692. The lowest BCUT2D eigenvalue weighted by atomic mass is 10.3. The zero-order chi connectivity index (χ0) is 13.0. The molecule has 1 aliphatic carbocycles. The van der Waals surface area contributed by atoms with E-state index >= 15 is 0 Å². The van der Waals surface area contributed by atoms with E-state index in [0.29, 0.717) is 6.61 Å². The van der Waals surface area contributed by atoms with Gasteiger partial charge in [-0.2, -0.15) is 0 Å². The molecule has 1 fully saturated rings. The molecule has 1 saturated carbocycles. The molecule has 102 valence electrons. The molecule has 0 aromatic carbocycles. The minimum Gasteiger partial charge on any atom is -0.486 e. The summed E-state index contributed by atoms with van der Waals surface area (Å²) in [5, 5.41) is 9.81. The SMILES string of the molecule is COc1sc(CN(CCCCO)C2CC2)cc1Br. The van der Waals surface area contributed by atoms with Gasteiger partial charge in [0.2, 0.25) is 0 Å². The Morgan fingerprint density at radius 3 is 2.83 bits per heavy atom. The molecule has 0 radical (unpaired) electrons. The van der Waals surface area contributed by atoms with E-state index in [4.69, 9.17) is 9.84 Å². The molecular weight excluding hydrogens is 314 g/mol. The highest BCUT2D eigenvalue weighted by atomic mass is 79.9. The first-order valence-corrected chi connectivity index (χ1v) is 8.02. The van der Waals surface area contributed by atoms with Crippen LogP contribution in [-0.4, -0.2) is 36.3 Å². The number of aliphatic hydroxyl groups is 1. The van der Waals surface area contributed by atoms with Crippen LogP contribution < -0.4 is 4.74 Å². The first-order valence-electron chi connectivity index (χ1n) is 6.41. The summed E-state index contributed by atoms with van der Waals surface area (Å²) in [4.78, 5) is 3.88. The van der Waals surface area contributed by atoms with Gasteiger partial charge in [-0.15, -0.1) is 11.3 Å². The van der Waals surface area contributed by atoms with Gasteiger partial charge in [-0.3, -0.25) is 4.90 Å². The maximum atomic E-state index is 8.86. The lowest BCUT2D eigenvalue weighted by Gasteiger charge is -2.20. The number of unbranched alkanes of at least 4 members (excludes halogenated alkanes) is 1. The van der Waals surface area contributed by atoms with E-state index in [2.05, 4.69) is 26.9 Å². The summed E-state index contributed by atoms with van der Waals surface area (Å²) in [5.74, 6) is 0. The minimum atomic E-state index is 0.302. The van der Waals surface area contributed by atoms with Crippen molar-refractivity contribution in [1.82, 2.24) is 4.90 Å². The van der Waals surface area contributed by atoms with E-state index in [1.165, 1.54) is 17.7 Å². The monoisotopic (exact) mass is 333 g/mol. The minimum absolute atomic E-state index is 0.302. The summed E-state index contributed by atoms with van der Waals surface area (Å²) in [6, 6.07) is 2.92. The molecular formula is C13H20BrNO2S. The van der Waals surface area contributed by atoms with Crippen molar-refractivity contribution in [2.75, 3.05) is 20.3 Å². The molecule has 1 aromatic rings. The van der Waals surface area contributed by atoms with E-state index < -0.39 is 0 Å². The zero-order valence-corrected chi connectivity index (χ0v) is 13.1. The van der Waals surface area contributed by atoms with Crippen LogP contribution >= 0.6 is 27.3 Å². The predicted octanol–water partition coefficient (Wildman–Crippen LogP) is 3.26. The molecule has 3 nitrogen and oxygen atoms in total. The van der Waals surface area contributed by atoms with Crippen molar-refractivity contribution in [3.63, 3.8) is 0 Å². The van der Waals surface area contributed by atoms with Gasteiger partial charge in [0.25, 0.3) is 0 Å². The normalized spacial score (nSPS) is 15.3. The average molecular weight is 334 g/mol. The van der Waals surface area contributed by atoms with Crippen LogP contribution in [0.15, 0.2) is 10.5 Å². The Morgan fingerprint density at radius 1 is 1.50 bits per heavy atom. The Hall–Kier alpha value is -0.100. The van der Waals surface area contributed by atoms with Gasteiger partial charge in [0.05, 0.1) is 11.6 Å². The van der Waals surface area contributed by atoms with Crippen LogP contribution in [0.25, 0.3) is 0 Å². The van der Waals surface area contributed by atoms with Crippen molar-refractivity contribution in [3.8, 4) is 5.06 Å². The summed E-state index contributed by atoms with van der Waals surface area (Å²) >= 11 is 5.23. The Kier molecular flexibility index (Phi) is 5.48. The molecule has 0 aliphatic heterocycles. The maximum absolute atomic E-state index is 8.86. The van der Waals surface area contributed by atoms with Gasteiger partial charge >= 0.3 is 0 Å². The van der Waals surface area contributed by atoms with Crippen LogP contribution in [-0.2, 0) is 6.54 Å². The molecule has 0 unspecified atom stereocenters. The number of hydrogen-bond acceptors (Lipinski definition) is 4. The third kappa shape index (κ3) is 3.95. The molecule has 0 bridgehead atoms. The summed E-state index contributed by atoms with van der Waals surface area (Å²) in [7, 11) is 1.71. The molecule has 18 heavy (non-hydrogen) atoms. The molecule has 2 rings (SSSR count). The molecule has 5 heteroatoms. The van der Waals surface area contributed by atoms with Crippen LogP contribution in [0, 0.1) is 0 Å². The van der Waals surface area contributed by atoms with Gasteiger partial charge < -0.3 is 9.84 Å². The van der Waals surface area contributed by atoms with Crippen LogP contribution in [0.3, 0.4) is 0 Å². The lowest BCUT2D eigenvalue weighted by molar-refractivity contribution is 0.230. The third-order valence-electron chi connectivity index (χ3n) is 3.17. The van der Waals surface area contributed by atoms with Crippen molar-refractivity contribution in [3.05, 3.63) is 15.4 Å². The smallest absolute Gasteiger partial charge is 0.188 e. The number of nitrogens with zero attached hydrogens (tertiary/aromatic N) is 1. The molecule has 1 aliphatic rings. The van der Waals surface area contributed by atoms with Gasteiger partial charge in [-0.25, -0.2) is 0 Å². The number of halogens is 1. The fourth-order valence-electron chi connectivity index (χ4n) is 2.07. The highest BCUT2D eigenvalue weighted by Crippen LogP contribution is 2.37. The summed E-state index contributed by atoms with van der Waals surface area (Å²) < 4.78 is 6.35. The highest BCUT2D eigenvalue weighted by molar-refractivity contribution is 9.10. The van der Waals surface area contributed by atoms with E-state index in [1.54, 1.807) is 18.4 Å². The second-order valence-corrected chi connectivity index (χ2v) is 6.64. The second-order valence-electron chi connectivity index (χ2n) is 4.68. The van der Waals surface area contributed by atoms with Crippen LogP contribution in [0.4, 0.5) is 0 Å². The Morgan fingerprint density at radius 2 is 2.28 bits per heavy atom. The Bertz CT molecular complexity index is 379. The standard InChI is InChI=1S/C13H20BrNO2S/c1-17-13-12(14)8-11(18-13)9-15(10-4-5-10)6-2-3-7-16/h8,10,16H,2-7,9H2,1H3. The first kappa shape index (κ1) is 14.3. The largest absolute Gasteiger partial charge is 0.486 e. The second kappa shape index (κ2) is 6.89. The maximum Gasteiger partial charge on any atom is 0.188 e. The van der Waals surface area contributed by atoms with E-state index in [9.17, 15) is 0 Å². The Balaban J connectivity index is 1.90. The van der Waals surface area contributed by atoms with E-state index in [-0.39, 0.29) is 0 Å². The van der Waals surface area contributed by atoms with Gasteiger partial charge in [0, 0.05) is 24.1 Å². The quantitative estimate of drug-likeness (QED) is 0.741. The number of ether oxygens (including phenoxy) is 1.